The van der Waals surface area contributed by atoms with Crippen molar-refractivity contribution in [2.75, 3.05) is 19.7 Å². The molecule has 2 aromatic heterocycles. The molecule has 0 N–H and O–H groups in total. The Bertz CT molecular complexity index is 1120. The lowest BCUT2D eigenvalue weighted by molar-refractivity contribution is -0.134. The van der Waals surface area contributed by atoms with E-state index in [4.69, 9.17) is 9.15 Å². The largest absolute Gasteiger partial charge is 0.484 e. The van der Waals surface area contributed by atoms with Crippen LogP contribution in [0.15, 0.2) is 69.7 Å². The molecule has 0 saturated carbocycles. The Hall–Kier alpha value is -3.39. The molecule has 1 fully saturated rings. The maximum absolute atomic E-state index is 13.1. The first-order valence-electron chi connectivity index (χ1n) is 11.2. The first-order chi connectivity index (χ1) is 16.2. The number of hydrogen-bond acceptors (Lipinski definition) is 6. The topological polar surface area (TPSA) is 75.3 Å². The van der Waals surface area contributed by atoms with E-state index in [1.165, 1.54) is 22.8 Å². The zero-order valence-electron chi connectivity index (χ0n) is 18.2. The molecule has 7 nitrogen and oxygen atoms in total. The zero-order valence-corrected chi connectivity index (χ0v) is 19.0. The number of amides is 2. The second-order valence-corrected chi connectivity index (χ2v) is 9.11. The molecule has 2 aliphatic heterocycles. The fraction of sp³-hybridized carbons (Fsp3) is 0.320. The molecule has 1 atom stereocenters. The number of nitrogens with zero attached hydrogens (tertiary/aromatic N) is 3. The van der Waals surface area contributed by atoms with E-state index >= 15 is 0 Å². The molecule has 5 rings (SSSR count). The third kappa shape index (κ3) is 4.71. The Morgan fingerprint density at radius 2 is 1.88 bits per heavy atom. The molecule has 2 aliphatic rings. The Morgan fingerprint density at radius 3 is 2.58 bits per heavy atom. The van der Waals surface area contributed by atoms with Gasteiger partial charge in [0.2, 0.25) is 0 Å². The van der Waals surface area contributed by atoms with Gasteiger partial charge in [-0.25, -0.2) is 5.01 Å². The molecule has 33 heavy (non-hydrogen) atoms. The number of piperidine rings is 1. The molecule has 0 spiro atoms. The Morgan fingerprint density at radius 1 is 1.06 bits per heavy atom. The normalized spacial score (nSPS) is 18.3. The van der Waals surface area contributed by atoms with Gasteiger partial charge in [-0.05, 0) is 72.7 Å². The van der Waals surface area contributed by atoms with Crippen LogP contribution in [0.3, 0.4) is 0 Å². The summed E-state index contributed by atoms with van der Waals surface area (Å²) >= 11 is 1.40. The molecule has 3 aromatic rings. The summed E-state index contributed by atoms with van der Waals surface area (Å²) in [4.78, 5) is 27.9. The van der Waals surface area contributed by atoms with Crippen LogP contribution in [0.2, 0.25) is 0 Å². The minimum absolute atomic E-state index is 0.0305. The maximum atomic E-state index is 13.1. The number of furan rings is 1. The molecule has 0 radical (unpaired) electrons. The van der Waals surface area contributed by atoms with E-state index < -0.39 is 0 Å². The summed E-state index contributed by atoms with van der Waals surface area (Å²) in [7, 11) is 0. The number of ether oxygens (including phenoxy) is 1. The van der Waals surface area contributed by atoms with Crippen molar-refractivity contribution in [3.8, 4) is 5.75 Å². The third-order valence-corrected chi connectivity index (χ3v) is 6.84. The molecular formula is C25H25N3O4S. The predicted octanol–water partition coefficient (Wildman–Crippen LogP) is 4.72. The van der Waals surface area contributed by atoms with E-state index in [0.717, 1.165) is 37.2 Å². The number of hydrazone groups is 1. The number of carbonyl (C=O) groups is 2. The van der Waals surface area contributed by atoms with E-state index in [0.29, 0.717) is 22.8 Å². The minimum Gasteiger partial charge on any atom is -0.484 e. The summed E-state index contributed by atoms with van der Waals surface area (Å²) in [5, 5.41) is 8.06. The lowest BCUT2D eigenvalue weighted by Crippen LogP contribution is -2.38. The van der Waals surface area contributed by atoms with Crippen molar-refractivity contribution in [2.45, 2.75) is 31.7 Å². The fourth-order valence-corrected chi connectivity index (χ4v) is 4.87. The monoisotopic (exact) mass is 463 g/mol. The lowest BCUT2D eigenvalue weighted by atomic mass is 10.0. The highest BCUT2D eigenvalue weighted by molar-refractivity contribution is 7.12. The van der Waals surface area contributed by atoms with Gasteiger partial charge in [0.25, 0.3) is 11.8 Å². The third-order valence-electron chi connectivity index (χ3n) is 5.98. The van der Waals surface area contributed by atoms with Crippen molar-refractivity contribution in [1.82, 2.24) is 9.91 Å². The van der Waals surface area contributed by atoms with Gasteiger partial charge in [-0.15, -0.1) is 11.3 Å². The van der Waals surface area contributed by atoms with E-state index in [2.05, 4.69) is 5.10 Å². The fourth-order valence-electron chi connectivity index (χ4n) is 4.21. The number of thiophene rings is 1. The number of hydrogen-bond donors (Lipinski definition) is 0. The van der Waals surface area contributed by atoms with Crippen LogP contribution in [-0.4, -0.2) is 47.1 Å². The van der Waals surface area contributed by atoms with Crippen molar-refractivity contribution in [2.24, 2.45) is 5.10 Å². The van der Waals surface area contributed by atoms with E-state index in [1.54, 1.807) is 12.3 Å². The smallest absolute Gasteiger partial charge is 0.284 e. The van der Waals surface area contributed by atoms with Crippen molar-refractivity contribution >= 4 is 28.9 Å². The van der Waals surface area contributed by atoms with Crippen LogP contribution in [0.1, 0.15) is 52.7 Å². The van der Waals surface area contributed by atoms with Crippen molar-refractivity contribution < 1.29 is 18.7 Å². The first-order valence-corrected chi connectivity index (χ1v) is 12.1. The standard InChI is InChI=1S/C25H25N3O4S/c29-24(27-12-2-1-3-13-27)17-32-19-10-8-18(9-11-19)20-16-21(22-6-4-14-31-22)28(26-20)25(30)23-7-5-15-33-23/h4-11,14-15,21H,1-3,12-13,16-17H2/t21-/m0/s1. The molecule has 0 bridgehead atoms. The van der Waals surface area contributed by atoms with Gasteiger partial charge >= 0.3 is 0 Å². The van der Waals surface area contributed by atoms with Gasteiger partial charge in [0.05, 0.1) is 16.9 Å². The van der Waals surface area contributed by atoms with Crippen molar-refractivity contribution in [3.05, 3.63) is 76.4 Å². The molecule has 0 aliphatic carbocycles. The van der Waals surface area contributed by atoms with Gasteiger partial charge in [-0.3, -0.25) is 9.59 Å². The van der Waals surface area contributed by atoms with Gasteiger partial charge in [0, 0.05) is 19.5 Å². The number of carbonyl (C=O) groups excluding carboxylic acids is 2. The molecular weight excluding hydrogens is 438 g/mol. The van der Waals surface area contributed by atoms with Gasteiger partial charge < -0.3 is 14.1 Å². The highest BCUT2D eigenvalue weighted by Gasteiger charge is 2.35. The number of likely N-dealkylation sites (tertiary alicyclic amines) is 1. The predicted molar refractivity (Wildman–Crippen MR) is 125 cm³/mol. The summed E-state index contributed by atoms with van der Waals surface area (Å²) in [6, 6.07) is 14.6. The Labute approximate surface area is 196 Å². The molecule has 0 unspecified atom stereocenters. The van der Waals surface area contributed by atoms with Crippen LogP contribution < -0.4 is 4.74 Å². The number of benzene rings is 1. The van der Waals surface area contributed by atoms with Crippen LogP contribution in [0.5, 0.6) is 5.75 Å². The molecule has 170 valence electrons. The quantitative estimate of drug-likeness (QED) is 0.530. The van der Waals surface area contributed by atoms with E-state index in [9.17, 15) is 9.59 Å². The molecule has 4 heterocycles. The second-order valence-electron chi connectivity index (χ2n) is 8.16. The van der Waals surface area contributed by atoms with Crippen LogP contribution in [0.4, 0.5) is 0 Å². The maximum Gasteiger partial charge on any atom is 0.284 e. The van der Waals surface area contributed by atoms with E-state index in [1.807, 2.05) is 52.7 Å². The van der Waals surface area contributed by atoms with Gasteiger partial charge in [0.15, 0.2) is 6.61 Å². The Balaban J connectivity index is 1.28. The molecule has 1 aromatic carbocycles. The van der Waals surface area contributed by atoms with Crippen molar-refractivity contribution in [3.63, 3.8) is 0 Å². The lowest BCUT2D eigenvalue weighted by Gasteiger charge is -2.26. The minimum atomic E-state index is -0.289. The summed E-state index contributed by atoms with van der Waals surface area (Å²) < 4.78 is 11.3. The first kappa shape index (κ1) is 21.5. The SMILES string of the molecule is O=C(COc1ccc(C2=NN(C(=O)c3cccs3)[C@H](c3ccco3)C2)cc1)N1CCCCC1. The Kier molecular flexibility index (Phi) is 6.26. The summed E-state index contributed by atoms with van der Waals surface area (Å²) in [6.45, 7) is 1.68. The molecule has 1 saturated heterocycles. The van der Waals surface area contributed by atoms with Crippen LogP contribution in [0.25, 0.3) is 0 Å². The van der Waals surface area contributed by atoms with Crippen LogP contribution >= 0.6 is 11.3 Å². The van der Waals surface area contributed by atoms with Crippen LogP contribution in [0, 0.1) is 0 Å². The zero-order chi connectivity index (χ0) is 22.6. The average molecular weight is 464 g/mol. The average Bonchev–Trinajstić information content (AvgIpc) is 3.64. The van der Waals surface area contributed by atoms with Crippen molar-refractivity contribution in [1.29, 1.82) is 0 Å². The van der Waals surface area contributed by atoms with E-state index in [-0.39, 0.29) is 24.5 Å². The molecule has 8 heteroatoms. The summed E-state index contributed by atoms with van der Waals surface area (Å²) in [5.41, 5.74) is 1.71. The van der Waals surface area contributed by atoms with Gasteiger partial charge in [-0.2, -0.15) is 5.10 Å². The summed E-state index contributed by atoms with van der Waals surface area (Å²) in [5.74, 6) is 1.23. The van der Waals surface area contributed by atoms with Gasteiger partial charge in [-0.1, -0.05) is 6.07 Å². The van der Waals surface area contributed by atoms with Gasteiger partial charge in [0.1, 0.15) is 17.6 Å². The highest BCUT2D eigenvalue weighted by atomic mass is 32.1. The summed E-state index contributed by atoms with van der Waals surface area (Å²) in [6.07, 6.45) is 5.48. The highest BCUT2D eigenvalue weighted by Crippen LogP contribution is 2.35. The van der Waals surface area contributed by atoms with Crippen LogP contribution in [-0.2, 0) is 4.79 Å². The number of rotatable bonds is 6. The molecule has 2 amide bonds. The second kappa shape index (κ2) is 9.62.